The average Bonchev–Trinajstić information content (AvgIpc) is 2.56. The summed E-state index contributed by atoms with van der Waals surface area (Å²) in [6, 6.07) is 7.20. The zero-order valence-corrected chi connectivity index (χ0v) is 15.7. The summed E-state index contributed by atoms with van der Waals surface area (Å²) in [6.07, 6.45) is 4.03. The molecule has 0 radical (unpaired) electrons. The smallest absolute Gasteiger partial charge is 0.313 e. The molecule has 2 amide bonds. The van der Waals surface area contributed by atoms with Gasteiger partial charge in [0.1, 0.15) is 5.75 Å². The van der Waals surface area contributed by atoms with Crippen LogP contribution in [0, 0.1) is 11.3 Å². The lowest BCUT2D eigenvalue weighted by atomic mass is 9.71. The van der Waals surface area contributed by atoms with Crippen molar-refractivity contribution < 1.29 is 14.3 Å². The van der Waals surface area contributed by atoms with E-state index in [0.717, 1.165) is 25.7 Å². The number of nitrogens with one attached hydrogen (secondary N) is 2. The van der Waals surface area contributed by atoms with E-state index in [0.29, 0.717) is 29.4 Å². The Hall–Kier alpha value is -2.04. The van der Waals surface area contributed by atoms with Gasteiger partial charge < -0.3 is 15.4 Å². The topological polar surface area (TPSA) is 67.4 Å². The summed E-state index contributed by atoms with van der Waals surface area (Å²) in [5, 5.41) is 5.51. The van der Waals surface area contributed by atoms with Crippen molar-refractivity contribution >= 4 is 17.5 Å². The Balaban J connectivity index is 1.86. The summed E-state index contributed by atoms with van der Waals surface area (Å²) in [5.41, 5.74) is 0.816. The summed E-state index contributed by atoms with van der Waals surface area (Å²) in [6.45, 7) is 9.16. The Morgan fingerprint density at radius 1 is 1.08 bits per heavy atom. The Morgan fingerprint density at radius 3 is 2.32 bits per heavy atom. The number of hydrogen-bond acceptors (Lipinski definition) is 3. The van der Waals surface area contributed by atoms with Gasteiger partial charge in [0, 0.05) is 6.04 Å². The molecule has 1 aliphatic carbocycles. The maximum absolute atomic E-state index is 12.2. The lowest BCUT2D eigenvalue weighted by molar-refractivity contribution is -0.136. The zero-order valence-electron chi connectivity index (χ0n) is 15.7. The first-order chi connectivity index (χ1) is 11.8. The van der Waals surface area contributed by atoms with Gasteiger partial charge in [-0.25, -0.2) is 0 Å². The second-order valence-electron chi connectivity index (χ2n) is 7.77. The highest BCUT2D eigenvalue weighted by molar-refractivity contribution is 6.39. The second-order valence-corrected chi connectivity index (χ2v) is 7.77. The van der Waals surface area contributed by atoms with Gasteiger partial charge >= 0.3 is 11.8 Å². The molecular weight excluding hydrogens is 316 g/mol. The first-order valence-corrected chi connectivity index (χ1v) is 9.15. The van der Waals surface area contributed by atoms with Crippen LogP contribution in [0.15, 0.2) is 24.3 Å². The summed E-state index contributed by atoms with van der Waals surface area (Å²) >= 11 is 0. The van der Waals surface area contributed by atoms with Crippen LogP contribution < -0.4 is 15.4 Å². The quantitative estimate of drug-likeness (QED) is 0.816. The van der Waals surface area contributed by atoms with Crippen LogP contribution in [0.4, 0.5) is 5.69 Å². The van der Waals surface area contributed by atoms with Gasteiger partial charge in [0.15, 0.2) is 0 Å². The summed E-state index contributed by atoms with van der Waals surface area (Å²) in [7, 11) is 0. The van der Waals surface area contributed by atoms with Crippen LogP contribution in [0.5, 0.6) is 5.75 Å². The Bertz CT molecular complexity index is 599. The van der Waals surface area contributed by atoms with E-state index in [9.17, 15) is 9.59 Å². The molecule has 5 heteroatoms. The second kappa shape index (κ2) is 8.37. The number of rotatable bonds is 4. The monoisotopic (exact) mass is 346 g/mol. The first kappa shape index (κ1) is 19.3. The highest BCUT2D eigenvalue weighted by Crippen LogP contribution is 2.37. The number of carbonyl (C=O) groups excluding carboxylic acids is 2. The van der Waals surface area contributed by atoms with Gasteiger partial charge in [-0.3, -0.25) is 9.59 Å². The van der Waals surface area contributed by atoms with Crippen molar-refractivity contribution in [1.82, 2.24) is 5.32 Å². The highest BCUT2D eigenvalue weighted by Gasteiger charge is 2.31. The summed E-state index contributed by atoms with van der Waals surface area (Å²) in [5.74, 6) is 0.0139. The maximum Gasteiger partial charge on any atom is 0.313 e. The zero-order chi connectivity index (χ0) is 18.4. The third-order valence-electron chi connectivity index (χ3n) is 4.93. The molecule has 0 heterocycles. The van der Waals surface area contributed by atoms with Crippen molar-refractivity contribution in [2.45, 2.75) is 59.4 Å². The van der Waals surface area contributed by atoms with E-state index in [1.165, 1.54) is 0 Å². The molecule has 2 rings (SSSR count). The molecule has 0 saturated heterocycles. The minimum Gasteiger partial charge on any atom is -0.492 e. The van der Waals surface area contributed by atoms with Crippen LogP contribution in [0.1, 0.15) is 53.4 Å². The molecule has 0 unspecified atom stereocenters. The number of amides is 2. The van der Waals surface area contributed by atoms with E-state index in [1.54, 1.807) is 18.2 Å². The fourth-order valence-electron chi connectivity index (χ4n) is 3.39. The normalized spacial score (nSPS) is 20.6. The fraction of sp³-hybridized carbons (Fsp3) is 0.600. The van der Waals surface area contributed by atoms with Gasteiger partial charge in [0.2, 0.25) is 0 Å². The lowest BCUT2D eigenvalue weighted by Gasteiger charge is -2.37. The molecule has 0 atom stereocenters. The van der Waals surface area contributed by atoms with Gasteiger partial charge in [-0.2, -0.15) is 0 Å². The molecule has 1 saturated carbocycles. The van der Waals surface area contributed by atoms with Crippen LogP contribution in [0.2, 0.25) is 0 Å². The maximum atomic E-state index is 12.2. The molecule has 138 valence electrons. The van der Waals surface area contributed by atoms with E-state index >= 15 is 0 Å². The predicted molar refractivity (Wildman–Crippen MR) is 99.6 cm³/mol. The molecule has 5 nitrogen and oxygen atoms in total. The number of benzene rings is 1. The minimum atomic E-state index is -0.648. The van der Waals surface area contributed by atoms with E-state index < -0.39 is 11.8 Å². The SMILES string of the molecule is CCOc1ccccc1NC(=O)C(=O)NC1CCC(C(C)(C)C)CC1. The fourth-order valence-corrected chi connectivity index (χ4v) is 3.39. The number of carbonyl (C=O) groups is 2. The average molecular weight is 346 g/mol. The van der Waals surface area contributed by atoms with E-state index in [1.807, 2.05) is 13.0 Å². The number of para-hydroxylation sites is 2. The van der Waals surface area contributed by atoms with Crippen LogP contribution in [0.3, 0.4) is 0 Å². The van der Waals surface area contributed by atoms with Crippen molar-refractivity contribution in [3.63, 3.8) is 0 Å². The third kappa shape index (κ3) is 5.48. The standard InChI is InChI=1S/C20H30N2O3/c1-5-25-17-9-7-6-8-16(17)22-19(24)18(23)21-15-12-10-14(11-13-15)20(2,3)4/h6-9,14-15H,5,10-13H2,1-4H3,(H,21,23)(H,22,24). The minimum absolute atomic E-state index is 0.0824. The number of ether oxygens (including phenoxy) is 1. The van der Waals surface area contributed by atoms with Crippen molar-refractivity contribution in [3.8, 4) is 5.75 Å². The molecule has 1 fully saturated rings. The van der Waals surface area contributed by atoms with E-state index in [2.05, 4.69) is 31.4 Å². The summed E-state index contributed by atoms with van der Waals surface area (Å²) < 4.78 is 5.46. The van der Waals surface area contributed by atoms with Crippen molar-refractivity contribution in [2.75, 3.05) is 11.9 Å². The summed E-state index contributed by atoms with van der Waals surface area (Å²) in [4.78, 5) is 24.4. The van der Waals surface area contributed by atoms with Gasteiger partial charge in [-0.15, -0.1) is 0 Å². The van der Waals surface area contributed by atoms with Crippen molar-refractivity contribution in [1.29, 1.82) is 0 Å². The predicted octanol–water partition coefficient (Wildman–Crippen LogP) is 3.74. The van der Waals surface area contributed by atoms with Crippen LogP contribution in [-0.4, -0.2) is 24.5 Å². The molecule has 0 aromatic heterocycles. The molecule has 1 aromatic rings. The third-order valence-corrected chi connectivity index (χ3v) is 4.93. The largest absolute Gasteiger partial charge is 0.492 e. The highest BCUT2D eigenvalue weighted by atomic mass is 16.5. The van der Waals surface area contributed by atoms with Crippen LogP contribution in [-0.2, 0) is 9.59 Å². The van der Waals surface area contributed by atoms with E-state index in [-0.39, 0.29) is 6.04 Å². The Kier molecular flexibility index (Phi) is 6.45. The molecule has 0 spiro atoms. The van der Waals surface area contributed by atoms with E-state index in [4.69, 9.17) is 4.74 Å². The number of anilines is 1. The molecule has 1 aliphatic rings. The molecule has 2 N–H and O–H groups in total. The van der Waals surface area contributed by atoms with Gasteiger partial charge in [0.05, 0.1) is 12.3 Å². The Labute approximate surface area is 150 Å². The molecular formula is C20H30N2O3. The molecule has 25 heavy (non-hydrogen) atoms. The van der Waals surface area contributed by atoms with Crippen molar-refractivity contribution in [2.24, 2.45) is 11.3 Å². The van der Waals surface area contributed by atoms with Crippen LogP contribution >= 0.6 is 0 Å². The first-order valence-electron chi connectivity index (χ1n) is 9.15. The molecule has 1 aromatic carbocycles. The van der Waals surface area contributed by atoms with Gasteiger partial charge in [0.25, 0.3) is 0 Å². The lowest BCUT2D eigenvalue weighted by Crippen LogP contribution is -2.44. The van der Waals surface area contributed by atoms with Crippen LogP contribution in [0.25, 0.3) is 0 Å². The molecule has 0 aliphatic heterocycles. The molecule has 0 bridgehead atoms. The Morgan fingerprint density at radius 2 is 1.72 bits per heavy atom. The number of hydrogen-bond donors (Lipinski definition) is 2. The van der Waals surface area contributed by atoms with Gasteiger partial charge in [-0.1, -0.05) is 32.9 Å². The van der Waals surface area contributed by atoms with Gasteiger partial charge in [-0.05, 0) is 56.1 Å². The van der Waals surface area contributed by atoms with Crippen molar-refractivity contribution in [3.05, 3.63) is 24.3 Å².